The second-order valence-electron chi connectivity index (χ2n) is 6.23. The predicted molar refractivity (Wildman–Crippen MR) is 85.1 cm³/mol. The Labute approximate surface area is 127 Å². The molecule has 2 rings (SSSR count). The molecule has 0 saturated heterocycles. The van der Waals surface area contributed by atoms with E-state index < -0.39 is 0 Å². The van der Waals surface area contributed by atoms with Gasteiger partial charge in [-0.1, -0.05) is 50.6 Å². The van der Waals surface area contributed by atoms with E-state index in [4.69, 9.17) is 17.3 Å². The Morgan fingerprint density at radius 1 is 1.35 bits per heavy atom. The van der Waals surface area contributed by atoms with E-state index in [2.05, 4.69) is 12.0 Å². The number of aromatic nitrogens is 2. The highest BCUT2D eigenvalue weighted by Crippen LogP contribution is 2.28. The number of nitrogens with zero attached hydrogens (tertiary/aromatic N) is 2. The van der Waals surface area contributed by atoms with E-state index in [1.165, 1.54) is 38.5 Å². The van der Waals surface area contributed by atoms with Crippen molar-refractivity contribution in [2.75, 3.05) is 0 Å². The van der Waals surface area contributed by atoms with Crippen LogP contribution in [0, 0.1) is 5.92 Å². The standard InChI is InChI=1S/C16H28ClN3/c1-3-14-16(17)15(20(2)19-14)11-13(18)10-9-12-7-5-4-6-8-12/h12-13H,3-11,18H2,1-2H3. The van der Waals surface area contributed by atoms with Gasteiger partial charge in [0, 0.05) is 19.5 Å². The van der Waals surface area contributed by atoms with Crippen LogP contribution >= 0.6 is 11.6 Å². The molecule has 0 aromatic carbocycles. The van der Waals surface area contributed by atoms with Gasteiger partial charge in [-0.3, -0.25) is 4.68 Å². The summed E-state index contributed by atoms with van der Waals surface area (Å²) in [6, 6.07) is 0.203. The molecule has 20 heavy (non-hydrogen) atoms. The highest BCUT2D eigenvalue weighted by Gasteiger charge is 2.18. The molecule has 4 heteroatoms. The van der Waals surface area contributed by atoms with E-state index in [1.54, 1.807) is 0 Å². The Morgan fingerprint density at radius 2 is 2.05 bits per heavy atom. The summed E-state index contributed by atoms with van der Waals surface area (Å²) in [5, 5.41) is 5.28. The minimum absolute atomic E-state index is 0.203. The third-order valence-corrected chi connectivity index (χ3v) is 5.07. The zero-order chi connectivity index (χ0) is 14.5. The van der Waals surface area contributed by atoms with Crippen molar-refractivity contribution in [1.82, 2.24) is 9.78 Å². The highest BCUT2D eigenvalue weighted by atomic mass is 35.5. The second-order valence-corrected chi connectivity index (χ2v) is 6.61. The number of hydrogen-bond donors (Lipinski definition) is 1. The van der Waals surface area contributed by atoms with E-state index in [1.807, 2.05) is 11.7 Å². The molecule has 0 aliphatic heterocycles. The largest absolute Gasteiger partial charge is 0.327 e. The summed E-state index contributed by atoms with van der Waals surface area (Å²) in [7, 11) is 1.97. The monoisotopic (exact) mass is 297 g/mol. The minimum atomic E-state index is 0.203. The third kappa shape index (κ3) is 3.98. The van der Waals surface area contributed by atoms with Gasteiger partial charge in [-0.25, -0.2) is 0 Å². The average molecular weight is 298 g/mol. The molecule has 1 aliphatic rings. The first-order chi connectivity index (χ1) is 9.61. The maximum atomic E-state index is 6.38. The summed E-state index contributed by atoms with van der Waals surface area (Å²) in [5.74, 6) is 0.906. The maximum absolute atomic E-state index is 6.38. The van der Waals surface area contributed by atoms with Crippen LogP contribution in [0.3, 0.4) is 0 Å². The highest BCUT2D eigenvalue weighted by molar-refractivity contribution is 6.31. The molecule has 0 bridgehead atoms. The fourth-order valence-corrected chi connectivity index (χ4v) is 3.69. The number of aryl methyl sites for hydroxylation is 2. The fraction of sp³-hybridized carbons (Fsp3) is 0.812. The van der Waals surface area contributed by atoms with E-state index in [0.717, 1.165) is 41.6 Å². The van der Waals surface area contributed by atoms with Crippen LogP contribution in [0.1, 0.15) is 63.3 Å². The lowest BCUT2D eigenvalue weighted by Gasteiger charge is -2.23. The lowest BCUT2D eigenvalue weighted by molar-refractivity contribution is 0.322. The van der Waals surface area contributed by atoms with E-state index in [0.29, 0.717) is 0 Å². The lowest BCUT2D eigenvalue weighted by Crippen LogP contribution is -2.25. The van der Waals surface area contributed by atoms with Crippen molar-refractivity contribution in [2.24, 2.45) is 18.7 Å². The summed E-state index contributed by atoms with van der Waals surface area (Å²) in [6.45, 7) is 2.08. The van der Waals surface area contributed by atoms with Crippen molar-refractivity contribution < 1.29 is 0 Å². The maximum Gasteiger partial charge on any atom is 0.0850 e. The van der Waals surface area contributed by atoms with Gasteiger partial charge in [0.25, 0.3) is 0 Å². The van der Waals surface area contributed by atoms with Gasteiger partial charge in [0.15, 0.2) is 0 Å². The Kier molecular flexibility index (Phi) is 5.91. The molecule has 1 fully saturated rings. The van der Waals surface area contributed by atoms with Gasteiger partial charge in [0.2, 0.25) is 0 Å². The van der Waals surface area contributed by atoms with Gasteiger partial charge < -0.3 is 5.73 Å². The Balaban J connectivity index is 1.84. The number of halogens is 1. The van der Waals surface area contributed by atoms with Crippen molar-refractivity contribution in [1.29, 1.82) is 0 Å². The van der Waals surface area contributed by atoms with Crippen LogP contribution in [0.4, 0.5) is 0 Å². The molecule has 3 nitrogen and oxygen atoms in total. The average Bonchev–Trinajstić information content (AvgIpc) is 2.73. The van der Waals surface area contributed by atoms with E-state index in [9.17, 15) is 0 Å². The number of rotatable bonds is 6. The molecular weight excluding hydrogens is 270 g/mol. The van der Waals surface area contributed by atoms with Gasteiger partial charge >= 0.3 is 0 Å². The molecule has 1 unspecified atom stereocenters. The van der Waals surface area contributed by atoms with Crippen LogP contribution in [0.5, 0.6) is 0 Å². The molecule has 1 aliphatic carbocycles. The van der Waals surface area contributed by atoms with Gasteiger partial charge in [-0.05, 0) is 25.2 Å². The Hall–Kier alpha value is -0.540. The topological polar surface area (TPSA) is 43.8 Å². The van der Waals surface area contributed by atoms with Crippen molar-refractivity contribution in [3.05, 3.63) is 16.4 Å². The Morgan fingerprint density at radius 3 is 2.65 bits per heavy atom. The normalized spacial score (nSPS) is 18.4. The van der Waals surface area contributed by atoms with Gasteiger partial charge in [0.05, 0.1) is 16.4 Å². The van der Waals surface area contributed by atoms with Crippen molar-refractivity contribution in [2.45, 2.75) is 70.8 Å². The van der Waals surface area contributed by atoms with Crippen LogP contribution in [0.25, 0.3) is 0 Å². The molecule has 2 N–H and O–H groups in total. The van der Waals surface area contributed by atoms with Crippen LogP contribution in [-0.4, -0.2) is 15.8 Å². The van der Waals surface area contributed by atoms with E-state index in [-0.39, 0.29) is 6.04 Å². The van der Waals surface area contributed by atoms with Crippen molar-refractivity contribution in [3.8, 4) is 0 Å². The van der Waals surface area contributed by atoms with Crippen LogP contribution in [0.2, 0.25) is 5.02 Å². The molecule has 1 aromatic heterocycles. The molecular formula is C16H28ClN3. The summed E-state index contributed by atoms with van der Waals surface area (Å²) in [4.78, 5) is 0. The van der Waals surface area contributed by atoms with Gasteiger partial charge in [-0.2, -0.15) is 5.10 Å². The quantitative estimate of drug-likeness (QED) is 0.866. The van der Waals surface area contributed by atoms with Gasteiger partial charge in [-0.15, -0.1) is 0 Å². The van der Waals surface area contributed by atoms with Crippen LogP contribution in [-0.2, 0) is 19.9 Å². The summed E-state index contributed by atoms with van der Waals surface area (Å²) < 4.78 is 1.90. The first-order valence-electron chi connectivity index (χ1n) is 8.07. The molecule has 0 amide bonds. The summed E-state index contributed by atoms with van der Waals surface area (Å²) in [5.41, 5.74) is 8.40. The minimum Gasteiger partial charge on any atom is -0.327 e. The first kappa shape index (κ1) is 15.8. The summed E-state index contributed by atoms with van der Waals surface area (Å²) >= 11 is 6.38. The molecule has 1 heterocycles. The first-order valence-corrected chi connectivity index (χ1v) is 8.45. The molecule has 0 radical (unpaired) electrons. The Bertz CT molecular complexity index is 422. The molecule has 0 spiro atoms. The molecule has 1 aromatic rings. The van der Waals surface area contributed by atoms with Gasteiger partial charge in [0.1, 0.15) is 0 Å². The zero-order valence-electron chi connectivity index (χ0n) is 12.9. The predicted octanol–water partition coefficient (Wildman–Crippen LogP) is 3.87. The second kappa shape index (κ2) is 7.46. The summed E-state index contributed by atoms with van der Waals surface area (Å²) in [6.07, 6.45) is 11.1. The molecule has 114 valence electrons. The van der Waals surface area contributed by atoms with E-state index >= 15 is 0 Å². The van der Waals surface area contributed by atoms with Crippen molar-refractivity contribution in [3.63, 3.8) is 0 Å². The van der Waals surface area contributed by atoms with Crippen molar-refractivity contribution >= 4 is 11.6 Å². The fourth-order valence-electron chi connectivity index (χ4n) is 3.32. The molecule has 1 saturated carbocycles. The van der Waals surface area contributed by atoms with Crippen LogP contribution < -0.4 is 5.73 Å². The number of hydrogen-bond acceptors (Lipinski definition) is 2. The van der Waals surface area contributed by atoms with Crippen LogP contribution in [0.15, 0.2) is 0 Å². The molecule has 1 atom stereocenters. The lowest BCUT2D eigenvalue weighted by atomic mass is 9.85. The number of nitrogens with two attached hydrogens (primary N) is 1. The third-order valence-electron chi connectivity index (χ3n) is 4.63. The SMILES string of the molecule is CCc1nn(C)c(CC(N)CCC2CCCCC2)c1Cl. The zero-order valence-corrected chi connectivity index (χ0v) is 13.6. The smallest absolute Gasteiger partial charge is 0.0850 e.